The third-order valence-corrected chi connectivity index (χ3v) is 3.83. The molecule has 0 aliphatic rings. The van der Waals surface area contributed by atoms with Crippen LogP contribution in [-0.4, -0.2) is 11.5 Å². The number of hydrogen-bond acceptors (Lipinski definition) is 3. The molecule has 0 aliphatic heterocycles. The summed E-state index contributed by atoms with van der Waals surface area (Å²) in [4.78, 5) is 4.42. The molecule has 2 heterocycles. The van der Waals surface area contributed by atoms with E-state index in [9.17, 15) is 0 Å². The van der Waals surface area contributed by atoms with Crippen LogP contribution in [0.1, 0.15) is 30.6 Å². The molecule has 18 heavy (non-hydrogen) atoms. The second-order valence-corrected chi connectivity index (χ2v) is 5.40. The van der Waals surface area contributed by atoms with E-state index in [1.807, 2.05) is 12.1 Å². The van der Waals surface area contributed by atoms with Gasteiger partial charge >= 0.3 is 0 Å². The minimum absolute atomic E-state index is 0.188. The predicted octanol–water partition coefficient (Wildman–Crippen LogP) is 4.08. The fourth-order valence-electron chi connectivity index (χ4n) is 1.88. The van der Waals surface area contributed by atoms with Gasteiger partial charge in [0.05, 0.1) is 16.8 Å². The van der Waals surface area contributed by atoms with Crippen LogP contribution in [0.4, 0.5) is 0 Å². The van der Waals surface area contributed by atoms with Gasteiger partial charge in [0.25, 0.3) is 0 Å². The Morgan fingerprint density at radius 3 is 3.00 bits per heavy atom. The van der Waals surface area contributed by atoms with Crippen LogP contribution in [0.5, 0.6) is 0 Å². The quantitative estimate of drug-likeness (QED) is 0.862. The van der Waals surface area contributed by atoms with Crippen LogP contribution in [0.25, 0.3) is 0 Å². The van der Waals surface area contributed by atoms with Gasteiger partial charge in [0.15, 0.2) is 0 Å². The highest BCUT2D eigenvalue weighted by Gasteiger charge is 2.16. The van der Waals surface area contributed by atoms with Crippen molar-refractivity contribution in [3.05, 3.63) is 51.4 Å². The molecule has 0 aromatic carbocycles. The van der Waals surface area contributed by atoms with Crippen molar-refractivity contribution in [3.63, 3.8) is 0 Å². The van der Waals surface area contributed by atoms with Crippen molar-refractivity contribution in [1.29, 1.82) is 0 Å². The van der Waals surface area contributed by atoms with E-state index in [4.69, 9.17) is 11.6 Å². The van der Waals surface area contributed by atoms with Gasteiger partial charge in [-0.3, -0.25) is 4.98 Å². The first-order valence-corrected chi connectivity index (χ1v) is 7.48. The van der Waals surface area contributed by atoms with Crippen molar-refractivity contribution in [2.24, 2.45) is 0 Å². The van der Waals surface area contributed by atoms with Gasteiger partial charge in [0.2, 0.25) is 0 Å². The Hall–Kier alpha value is -0.900. The molecular weight excluding hydrogens is 264 g/mol. The summed E-state index contributed by atoms with van der Waals surface area (Å²) in [6, 6.07) is 6.11. The molecule has 2 nitrogen and oxygen atoms in total. The van der Waals surface area contributed by atoms with Gasteiger partial charge in [-0.05, 0) is 53.9 Å². The number of rotatable bonds is 6. The Balaban J connectivity index is 2.16. The summed E-state index contributed by atoms with van der Waals surface area (Å²) in [5.74, 6) is 0. The monoisotopic (exact) mass is 280 g/mol. The molecule has 2 aromatic rings. The molecule has 0 spiro atoms. The summed E-state index contributed by atoms with van der Waals surface area (Å²) >= 11 is 7.96. The molecule has 1 unspecified atom stereocenters. The van der Waals surface area contributed by atoms with Crippen LogP contribution >= 0.6 is 22.9 Å². The molecule has 0 amide bonds. The van der Waals surface area contributed by atoms with Crippen LogP contribution in [-0.2, 0) is 6.42 Å². The van der Waals surface area contributed by atoms with Crippen LogP contribution in [0.3, 0.4) is 0 Å². The zero-order valence-corrected chi connectivity index (χ0v) is 12.0. The van der Waals surface area contributed by atoms with E-state index in [1.165, 1.54) is 5.56 Å². The lowest BCUT2D eigenvalue weighted by atomic mass is 10.0. The van der Waals surface area contributed by atoms with Crippen LogP contribution in [0.2, 0.25) is 5.02 Å². The number of pyridine rings is 1. The topological polar surface area (TPSA) is 24.9 Å². The van der Waals surface area contributed by atoms with Crippen molar-refractivity contribution in [1.82, 2.24) is 10.3 Å². The fourth-order valence-corrected chi connectivity index (χ4v) is 2.82. The summed E-state index contributed by atoms with van der Waals surface area (Å²) < 4.78 is 0. The summed E-state index contributed by atoms with van der Waals surface area (Å²) in [6.45, 7) is 3.14. The van der Waals surface area contributed by atoms with Crippen LogP contribution in [0.15, 0.2) is 35.2 Å². The number of halogens is 1. The zero-order valence-electron chi connectivity index (χ0n) is 10.4. The molecule has 4 heteroatoms. The Bertz CT molecular complexity index is 470. The summed E-state index contributed by atoms with van der Waals surface area (Å²) in [6.07, 6.45) is 3.83. The first kappa shape index (κ1) is 13.5. The van der Waals surface area contributed by atoms with Gasteiger partial charge in [-0.25, -0.2) is 0 Å². The Morgan fingerprint density at radius 2 is 2.33 bits per heavy atom. The van der Waals surface area contributed by atoms with Gasteiger partial charge in [0.1, 0.15) is 0 Å². The number of aromatic nitrogens is 1. The molecule has 0 saturated heterocycles. The Labute approximate surface area is 117 Å². The van der Waals surface area contributed by atoms with Crippen molar-refractivity contribution in [3.8, 4) is 0 Å². The molecule has 96 valence electrons. The van der Waals surface area contributed by atoms with Gasteiger partial charge < -0.3 is 5.32 Å². The zero-order chi connectivity index (χ0) is 12.8. The maximum absolute atomic E-state index is 6.24. The van der Waals surface area contributed by atoms with E-state index in [-0.39, 0.29) is 6.04 Å². The highest BCUT2D eigenvalue weighted by molar-refractivity contribution is 7.07. The second-order valence-electron chi connectivity index (χ2n) is 4.21. The summed E-state index contributed by atoms with van der Waals surface area (Å²) in [5.41, 5.74) is 2.27. The smallest absolute Gasteiger partial charge is 0.0762 e. The van der Waals surface area contributed by atoms with Gasteiger partial charge in [-0.1, -0.05) is 18.5 Å². The third-order valence-electron chi connectivity index (χ3n) is 2.78. The molecular formula is C14H17ClN2S. The molecule has 0 aliphatic carbocycles. The van der Waals surface area contributed by atoms with Crippen molar-refractivity contribution in [2.45, 2.75) is 25.8 Å². The Morgan fingerprint density at radius 1 is 1.44 bits per heavy atom. The van der Waals surface area contributed by atoms with E-state index in [2.05, 4.69) is 34.1 Å². The number of hydrogen-bond donors (Lipinski definition) is 1. The maximum Gasteiger partial charge on any atom is 0.0762 e. The standard InChI is InChI=1S/C14H17ClN2S/c1-2-6-16-13(9-11-5-8-18-10-11)14-12(15)4-3-7-17-14/h3-5,7-8,10,13,16H,2,6,9H2,1H3. The van der Waals surface area contributed by atoms with E-state index in [1.54, 1.807) is 17.5 Å². The molecule has 0 saturated carbocycles. The number of nitrogens with zero attached hydrogens (tertiary/aromatic N) is 1. The van der Waals surface area contributed by atoms with Gasteiger partial charge in [-0.15, -0.1) is 0 Å². The normalized spacial score (nSPS) is 12.6. The second kappa shape index (κ2) is 6.88. The largest absolute Gasteiger partial charge is 0.308 e. The van der Waals surface area contributed by atoms with Crippen LogP contribution < -0.4 is 5.32 Å². The lowest BCUT2D eigenvalue weighted by Crippen LogP contribution is -2.25. The van der Waals surface area contributed by atoms with E-state index >= 15 is 0 Å². The minimum atomic E-state index is 0.188. The highest BCUT2D eigenvalue weighted by Crippen LogP contribution is 2.24. The van der Waals surface area contributed by atoms with E-state index < -0.39 is 0 Å². The maximum atomic E-state index is 6.24. The van der Waals surface area contributed by atoms with Crippen LogP contribution in [0, 0.1) is 0 Å². The summed E-state index contributed by atoms with van der Waals surface area (Å²) in [5, 5.41) is 8.54. The van der Waals surface area contributed by atoms with E-state index in [0.717, 1.165) is 30.1 Å². The number of thiophene rings is 1. The molecule has 2 aromatic heterocycles. The molecule has 0 radical (unpaired) electrons. The highest BCUT2D eigenvalue weighted by atomic mass is 35.5. The molecule has 0 bridgehead atoms. The molecule has 1 atom stereocenters. The third kappa shape index (κ3) is 3.55. The predicted molar refractivity (Wildman–Crippen MR) is 78.3 cm³/mol. The lowest BCUT2D eigenvalue weighted by Gasteiger charge is -2.18. The molecule has 2 rings (SSSR count). The van der Waals surface area contributed by atoms with Gasteiger partial charge in [-0.2, -0.15) is 11.3 Å². The van der Waals surface area contributed by atoms with Crippen molar-refractivity contribution >= 4 is 22.9 Å². The van der Waals surface area contributed by atoms with E-state index in [0.29, 0.717) is 0 Å². The van der Waals surface area contributed by atoms with Crippen molar-refractivity contribution in [2.75, 3.05) is 6.54 Å². The average molecular weight is 281 g/mol. The van der Waals surface area contributed by atoms with Gasteiger partial charge in [0, 0.05) is 6.20 Å². The van der Waals surface area contributed by atoms with Crippen molar-refractivity contribution < 1.29 is 0 Å². The minimum Gasteiger partial charge on any atom is -0.308 e. The SMILES string of the molecule is CCCNC(Cc1ccsc1)c1ncccc1Cl. The Kier molecular flexibility index (Phi) is 5.17. The molecule has 0 fully saturated rings. The average Bonchev–Trinajstić information content (AvgIpc) is 2.88. The first-order valence-electron chi connectivity index (χ1n) is 6.16. The fraction of sp³-hybridized carbons (Fsp3) is 0.357. The number of nitrogens with one attached hydrogen (secondary N) is 1. The lowest BCUT2D eigenvalue weighted by molar-refractivity contribution is 0.518. The first-order chi connectivity index (χ1) is 8.81. The molecule has 1 N–H and O–H groups in total. The summed E-state index contributed by atoms with van der Waals surface area (Å²) in [7, 11) is 0.